The van der Waals surface area contributed by atoms with Crippen LogP contribution in [0.2, 0.25) is 0 Å². The normalized spacial score (nSPS) is 28.8. The molecule has 1 unspecified atom stereocenters. The molecule has 2 rings (SSSR count). The maximum Gasteiger partial charge on any atom is 0.0531 e. The summed E-state index contributed by atoms with van der Waals surface area (Å²) in [6.45, 7) is 6.89. The van der Waals surface area contributed by atoms with Gasteiger partial charge < -0.3 is 5.11 Å². The lowest BCUT2D eigenvalue weighted by molar-refractivity contribution is 0.139. The Balaban J connectivity index is 2.50. The Bertz CT molecular complexity index is 421. The summed E-state index contributed by atoms with van der Waals surface area (Å²) in [6, 6.07) is 8.42. The van der Waals surface area contributed by atoms with Gasteiger partial charge in [0.25, 0.3) is 0 Å². The lowest BCUT2D eigenvalue weighted by atomic mass is 9.63. The molecule has 1 N–H and O–H groups in total. The quantitative estimate of drug-likeness (QED) is 0.840. The van der Waals surface area contributed by atoms with Crippen molar-refractivity contribution in [1.82, 2.24) is 0 Å². The summed E-state index contributed by atoms with van der Waals surface area (Å²) in [5.74, 6) is 1.02. The van der Waals surface area contributed by atoms with E-state index in [-0.39, 0.29) is 12.0 Å². The Morgan fingerprint density at radius 3 is 2.71 bits per heavy atom. The van der Waals surface area contributed by atoms with Crippen molar-refractivity contribution in [3.8, 4) is 0 Å². The predicted octanol–water partition coefficient (Wildman–Crippen LogP) is 3.63. The minimum atomic E-state index is -0.138. The van der Waals surface area contributed by atoms with Gasteiger partial charge in [-0.1, -0.05) is 63.6 Å². The molecule has 0 heterocycles. The second-order valence-corrected chi connectivity index (χ2v) is 5.43. The van der Waals surface area contributed by atoms with E-state index in [4.69, 9.17) is 0 Å². The summed E-state index contributed by atoms with van der Waals surface area (Å²) in [5, 5.41) is 9.88. The maximum atomic E-state index is 9.88. The van der Waals surface area contributed by atoms with Gasteiger partial charge in [-0.05, 0) is 23.0 Å². The number of aliphatic hydroxyl groups excluding tert-OH is 1. The smallest absolute Gasteiger partial charge is 0.0531 e. The molecule has 0 aliphatic heterocycles. The standard InChI is InChI=1S/C16H22O/c1-4-12(2)14-10-9-13-7-5-6-8-15(13)16(14,3)11-17/h5-10,12,14,17H,4,11H2,1-3H3/t12?,14-,16+/m0/s1. The highest BCUT2D eigenvalue weighted by Gasteiger charge is 2.39. The molecule has 17 heavy (non-hydrogen) atoms. The van der Waals surface area contributed by atoms with Gasteiger partial charge in [0.1, 0.15) is 0 Å². The van der Waals surface area contributed by atoms with E-state index < -0.39 is 0 Å². The molecule has 0 saturated heterocycles. The first-order valence-corrected chi connectivity index (χ1v) is 6.52. The van der Waals surface area contributed by atoms with Crippen LogP contribution in [0.4, 0.5) is 0 Å². The van der Waals surface area contributed by atoms with Crippen LogP contribution in [0, 0.1) is 11.8 Å². The second kappa shape index (κ2) is 4.66. The van der Waals surface area contributed by atoms with Gasteiger partial charge in [0.15, 0.2) is 0 Å². The second-order valence-electron chi connectivity index (χ2n) is 5.43. The highest BCUT2D eigenvalue weighted by Crippen LogP contribution is 2.43. The molecule has 3 atom stereocenters. The molecule has 1 aliphatic carbocycles. The van der Waals surface area contributed by atoms with E-state index >= 15 is 0 Å². The number of hydrogen-bond donors (Lipinski definition) is 1. The third kappa shape index (κ3) is 1.93. The van der Waals surface area contributed by atoms with Gasteiger partial charge in [0, 0.05) is 5.41 Å². The summed E-state index contributed by atoms with van der Waals surface area (Å²) in [5.41, 5.74) is 2.40. The van der Waals surface area contributed by atoms with Crippen molar-refractivity contribution in [3.05, 3.63) is 41.5 Å². The summed E-state index contributed by atoms with van der Waals surface area (Å²) in [6.07, 6.45) is 5.64. The van der Waals surface area contributed by atoms with E-state index in [1.807, 2.05) is 0 Å². The van der Waals surface area contributed by atoms with Crippen molar-refractivity contribution in [2.24, 2.45) is 11.8 Å². The monoisotopic (exact) mass is 230 g/mol. The van der Waals surface area contributed by atoms with E-state index in [9.17, 15) is 5.11 Å². The Hall–Kier alpha value is -1.08. The molecule has 1 aromatic carbocycles. The van der Waals surface area contributed by atoms with Crippen LogP contribution >= 0.6 is 0 Å². The molecular formula is C16H22O. The summed E-state index contributed by atoms with van der Waals surface area (Å²) in [4.78, 5) is 0. The van der Waals surface area contributed by atoms with Gasteiger partial charge in [0.2, 0.25) is 0 Å². The summed E-state index contributed by atoms with van der Waals surface area (Å²) in [7, 11) is 0. The Kier molecular flexibility index (Phi) is 3.39. The fourth-order valence-electron chi connectivity index (χ4n) is 3.02. The SMILES string of the molecule is CCC(C)[C@@H]1C=Cc2ccccc2[C@]1(C)CO. The van der Waals surface area contributed by atoms with Crippen molar-refractivity contribution in [2.75, 3.05) is 6.61 Å². The predicted molar refractivity (Wildman–Crippen MR) is 72.9 cm³/mol. The first-order chi connectivity index (χ1) is 8.13. The number of benzene rings is 1. The van der Waals surface area contributed by atoms with Gasteiger partial charge >= 0.3 is 0 Å². The fraction of sp³-hybridized carbons (Fsp3) is 0.500. The van der Waals surface area contributed by atoms with Gasteiger partial charge in [-0.25, -0.2) is 0 Å². The minimum Gasteiger partial charge on any atom is -0.395 e. The Morgan fingerprint density at radius 2 is 2.06 bits per heavy atom. The van der Waals surface area contributed by atoms with Crippen molar-refractivity contribution in [2.45, 2.75) is 32.6 Å². The first kappa shape index (κ1) is 12.4. The average molecular weight is 230 g/mol. The molecule has 92 valence electrons. The number of hydrogen-bond acceptors (Lipinski definition) is 1. The van der Waals surface area contributed by atoms with Crippen LogP contribution in [0.5, 0.6) is 0 Å². The molecule has 1 aliphatic rings. The van der Waals surface area contributed by atoms with Crippen LogP contribution in [0.15, 0.2) is 30.3 Å². The van der Waals surface area contributed by atoms with E-state index in [1.54, 1.807) is 0 Å². The number of fused-ring (bicyclic) bond motifs is 1. The third-order valence-corrected chi connectivity index (χ3v) is 4.38. The molecule has 0 amide bonds. The van der Waals surface area contributed by atoms with Crippen molar-refractivity contribution >= 4 is 6.08 Å². The van der Waals surface area contributed by atoms with Crippen LogP contribution in [-0.4, -0.2) is 11.7 Å². The zero-order valence-electron chi connectivity index (χ0n) is 11.0. The van der Waals surface area contributed by atoms with E-state index in [0.717, 1.165) is 6.42 Å². The largest absolute Gasteiger partial charge is 0.395 e. The van der Waals surface area contributed by atoms with Crippen LogP contribution in [0.3, 0.4) is 0 Å². The zero-order valence-corrected chi connectivity index (χ0v) is 11.0. The van der Waals surface area contributed by atoms with Crippen molar-refractivity contribution in [3.63, 3.8) is 0 Å². The van der Waals surface area contributed by atoms with Crippen molar-refractivity contribution < 1.29 is 5.11 Å². The maximum absolute atomic E-state index is 9.88. The molecule has 0 bridgehead atoms. The summed E-state index contributed by atoms with van der Waals surface area (Å²) < 4.78 is 0. The molecule has 0 radical (unpaired) electrons. The molecular weight excluding hydrogens is 208 g/mol. The van der Waals surface area contributed by atoms with E-state index in [1.165, 1.54) is 11.1 Å². The Morgan fingerprint density at radius 1 is 1.35 bits per heavy atom. The van der Waals surface area contributed by atoms with Crippen LogP contribution in [-0.2, 0) is 5.41 Å². The molecule has 0 aromatic heterocycles. The van der Waals surface area contributed by atoms with Gasteiger partial charge in [-0.15, -0.1) is 0 Å². The average Bonchev–Trinajstić information content (AvgIpc) is 2.38. The van der Waals surface area contributed by atoms with Crippen molar-refractivity contribution in [1.29, 1.82) is 0 Å². The van der Waals surface area contributed by atoms with Crippen LogP contribution in [0.1, 0.15) is 38.3 Å². The molecule has 1 heteroatoms. The van der Waals surface area contributed by atoms with Crippen LogP contribution < -0.4 is 0 Å². The van der Waals surface area contributed by atoms with Gasteiger partial charge in [0.05, 0.1) is 6.61 Å². The molecule has 1 aromatic rings. The van der Waals surface area contributed by atoms with E-state index in [2.05, 4.69) is 57.2 Å². The topological polar surface area (TPSA) is 20.2 Å². The van der Waals surface area contributed by atoms with E-state index in [0.29, 0.717) is 11.8 Å². The number of aliphatic hydroxyl groups is 1. The van der Waals surface area contributed by atoms with Crippen LogP contribution in [0.25, 0.3) is 6.08 Å². The third-order valence-electron chi connectivity index (χ3n) is 4.38. The molecule has 0 spiro atoms. The van der Waals surface area contributed by atoms with Gasteiger partial charge in [-0.3, -0.25) is 0 Å². The zero-order chi connectivity index (χ0) is 12.5. The first-order valence-electron chi connectivity index (χ1n) is 6.52. The number of rotatable bonds is 3. The fourth-order valence-corrected chi connectivity index (χ4v) is 3.02. The molecule has 1 nitrogen and oxygen atoms in total. The Labute approximate surface area is 104 Å². The lowest BCUT2D eigenvalue weighted by Gasteiger charge is -2.41. The highest BCUT2D eigenvalue weighted by atomic mass is 16.3. The number of allylic oxidation sites excluding steroid dienone is 1. The van der Waals surface area contributed by atoms with Gasteiger partial charge in [-0.2, -0.15) is 0 Å². The summed E-state index contributed by atoms with van der Waals surface area (Å²) >= 11 is 0. The molecule has 0 fully saturated rings. The molecule has 0 saturated carbocycles. The minimum absolute atomic E-state index is 0.138. The lowest BCUT2D eigenvalue weighted by Crippen LogP contribution is -2.40. The highest BCUT2D eigenvalue weighted by molar-refractivity contribution is 5.60.